The van der Waals surface area contributed by atoms with Gasteiger partial charge in [-0.3, -0.25) is 4.79 Å². The van der Waals surface area contributed by atoms with Crippen molar-refractivity contribution in [1.29, 1.82) is 0 Å². The fourth-order valence-corrected chi connectivity index (χ4v) is 0.915. The summed E-state index contributed by atoms with van der Waals surface area (Å²) in [5.41, 5.74) is -2.37. The quantitative estimate of drug-likeness (QED) is 0.429. The van der Waals surface area contributed by atoms with Crippen LogP contribution in [0, 0.1) is 11.8 Å². The zero-order chi connectivity index (χ0) is 12.1. The number of rotatable bonds is 4. The van der Waals surface area contributed by atoms with Crippen molar-refractivity contribution in [3.63, 3.8) is 0 Å². The number of hydrogen-bond acceptors (Lipinski definition) is 3. The van der Waals surface area contributed by atoms with Gasteiger partial charge in [0.15, 0.2) is 0 Å². The second-order valence-corrected chi connectivity index (χ2v) is 2.80. The van der Waals surface area contributed by atoms with Gasteiger partial charge in [0.2, 0.25) is 11.4 Å². The first kappa shape index (κ1) is 13.0. The highest BCUT2D eigenvalue weighted by molar-refractivity contribution is 6.06. The molecule has 0 heterocycles. The Morgan fingerprint density at radius 3 is 2.00 bits per heavy atom. The van der Waals surface area contributed by atoms with Crippen molar-refractivity contribution < 1.29 is 24.6 Å². The van der Waals surface area contributed by atoms with Gasteiger partial charge in [0.25, 0.3) is 0 Å². The molecule has 0 spiro atoms. The smallest absolute Gasteiger partial charge is 0.342 e. The molecular formula is C9H11NO5. The fourth-order valence-electron chi connectivity index (χ4n) is 0.915. The molecule has 0 radical (unpaired) electrons. The van der Waals surface area contributed by atoms with E-state index in [2.05, 4.69) is 11.8 Å². The molecule has 0 fully saturated rings. The summed E-state index contributed by atoms with van der Waals surface area (Å²) >= 11 is 0. The van der Waals surface area contributed by atoms with Crippen molar-refractivity contribution in [2.24, 2.45) is 0 Å². The summed E-state index contributed by atoms with van der Waals surface area (Å²) in [7, 11) is 0. The van der Waals surface area contributed by atoms with Crippen LogP contribution < -0.4 is 5.32 Å². The predicted molar refractivity (Wildman–Crippen MR) is 49.9 cm³/mol. The molecule has 3 N–H and O–H groups in total. The Morgan fingerprint density at radius 1 is 1.27 bits per heavy atom. The van der Waals surface area contributed by atoms with Gasteiger partial charge in [-0.1, -0.05) is 5.92 Å². The zero-order valence-corrected chi connectivity index (χ0v) is 8.33. The van der Waals surface area contributed by atoms with E-state index in [4.69, 9.17) is 10.2 Å². The van der Waals surface area contributed by atoms with E-state index < -0.39 is 29.8 Å². The molecule has 0 aliphatic carbocycles. The molecule has 0 unspecified atom stereocenters. The number of carbonyl (C=O) groups is 3. The first-order valence-corrected chi connectivity index (χ1v) is 4.02. The molecule has 0 aromatic carbocycles. The largest absolute Gasteiger partial charge is 0.479 e. The van der Waals surface area contributed by atoms with Crippen molar-refractivity contribution in [1.82, 2.24) is 5.32 Å². The molecule has 1 amide bonds. The summed E-state index contributed by atoms with van der Waals surface area (Å²) in [5, 5.41) is 19.5. The maximum absolute atomic E-state index is 10.8. The monoisotopic (exact) mass is 213 g/mol. The molecule has 6 nitrogen and oxygen atoms in total. The number of carbonyl (C=O) groups excluding carboxylic acids is 1. The Labute approximate surface area is 86.3 Å². The lowest BCUT2D eigenvalue weighted by Gasteiger charge is -2.22. The molecule has 0 aromatic rings. The van der Waals surface area contributed by atoms with Gasteiger partial charge in [-0.15, -0.1) is 5.92 Å². The van der Waals surface area contributed by atoms with Crippen LogP contribution in [0.15, 0.2) is 0 Å². The van der Waals surface area contributed by atoms with Gasteiger partial charge in [0.05, 0.1) is 6.42 Å². The SMILES string of the molecule is CC#CCC(NC(C)=O)(C(=O)O)C(=O)O. The molecule has 0 aliphatic heterocycles. The number of nitrogens with one attached hydrogen (secondary N) is 1. The predicted octanol–water partition coefficient (Wildman–Crippen LogP) is -0.556. The second kappa shape index (κ2) is 5.00. The van der Waals surface area contributed by atoms with Gasteiger partial charge in [-0.2, -0.15) is 0 Å². The van der Waals surface area contributed by atoms with Gasteiger partial charge in [0.1, 0.15) is 0 Å². The minimum atomic E-state index is -2.37. The first-order chi connectivity index (χ1) is 6.86. The van der Waals surface area contributed by atoms with Crippen molar-refractivity contribution in [3.8, 4) is 11.8 Å². The summed E-state index contributed by atoms with van der Waals surface area (Å²) in [5.74, 6) is 0.680. The molecule has 15 heavy (non-hydrogen) atoms. The number of amides is 1. The van der Waals surface area contributed by atoms with E-state index in [0.717, 1.165) is 6.92 Å². The molecule has 0 saturated carbocycles. The highest BCUT2D eigenvalue weighted by atomic mass is 16.4. The van der Waals surface area contributed by atoms with Gasteiger partial charge in [-0.05, 0) is 6.92 Å². The molecule has 0 aromatic heterocycles. The Kier molecular flexibility index (Phi) is 4.33. The topological polar surface area (TPSA) is 104 Å². The summed E-state index contributed by atoms with van der Waals surface area (Å²) in [6.07, 6.45) is -0.478. The first-order valence-electron chi connectivity index (χ1n) is 4.02. The van der Waals surface area contributed by atoms with E-state index >= 15 is 0 Å². The fraction of sp³-hybridized carbons (Fsp3) is 0.444. The van der Waals surface area contributed by atoms with Crippen molar-refractivity contribution in [2.45, 2.75) is 25.8 Å². The average molecular weight is 213 g/mol. The maximum atomic E-state index is 10.8. The summed E-state index contributed by atoms with van der Waals surface area (Å²) in [4.78, 5) is 32.4. The molecule has 82 valence electrons. The van der Waals surface area contributed by atoms with E-state index in [1.54, 1.807) is 0 Å². The number of hydrogen-bond donors (Lipinski definition) is 3. The van der Waals surface area contributed by atoms with Gasteiger partial charge in [0, 0.05) is 6.92 Å². The van der Waals surface area contributed by atoms with Crippen molar-refractivity contribution in [2.75, 3.05) is 0 Å². The minimum absolute atomic E-state index is 0.478. The minimum Gasteiger partial charge on any atom is -0.479 e. The van der Waals surface area contributed by atoms with Crippen LogP contribution in [0.2, 0.25) is 0 Å². The van der Waals surface area contributed by atoms with Gasteiger partial charge in [-0.25, -0.2) is 9.59 Å². The molecule has 0 bridgehead atoms. The lowest BCUT2D eigenvalue weighted by Crippen LogP contribution is -2.59. The Hall–Kier alpha value is -2.03. The van der Waals surface area contributed by atoms with E-state index in [9.17, 15) is 14.4 Å². The molecule has 0 atom stereocenters. The van der Waals surface area contributed by atoms with E-state index in [1.807, 2.05) is 5.32 Å². The van der Waals surface area contributed by atoms with Crippen LogP contribution in [0.3, 0.4) is 0 Å². The van der Waals surface area contributed by atoms with Crippen LogP contribution >= 0.6 is 0 Å². The summed E-state index contributed by atoms with van der Waals surface area (Å²) in [6, 6.07) is 0. The van der Waals surface area contributed by atoms with Crippen molar-refractivity contribution >= 4 is 17.8 Å². The molecule has 0 aliphatic rings. The lowest BCUT2D eigenvalue weighted by molar-refractivity contribution is -0.160. The van der Waals surface area contributed by atoms with Crippen LogP contribution in [0.4, 0.5) is 0 Å². The van der Waals surface area contributed by atoms with Gasteiger partial charge >= 0.3 is 11.9 Å². The number of carboxylic acid groups (broad SMARTS) is 2. The Bertz CT molecular complexity index is 335. The highest BCUT2D eigenvalue weighted by Gasteiger charge is 2.47. The van der Waals surface area contributed by atoms with E-state index in [0.29, 0.717) is 0 Å². The second-order valence-electron chi connectivity index (χ2n) is 2.80. The lowest BCUT2D eigenvalue weighted by atomic mass is 9.95. The Morgan fingerprint density at radius 2 is 1.73 bits per heavy atom. The molecule has 0 rings (SSSR count). The average Bonchev–Trinajstić information content (AvgIpc) is 2.10. The normalized spacial score (nSPS) is 9.73. The summed E-state index contributed by atoms with van der Waals surface area (Å²) < 4.78 is 0. The third-order valence-electron chi connectivity index (χ3n) is 1.65. The molecule has 6 heteroatoms. The third-order valence-corrected chi connectivity index (χ3v) is 1.65. The maximum Gasteiger partial charge on any atom is 0.342 e. The van der Waals surface area contributed by atoms with Crippen molar-refractivity contribution in [3.05, 3.63) is 0 Å². The highest BCUT2D eigenvalue weighted by Crippen LogP contribution is 2.11. The number of aliphatic carboxylic acids is 2. The van der Waals surface area contributed by atoms with E-state index in [-0.39, 0.29) is 0 Å². The standard InChI is InChI=1S/C9H11NO5/c1-3-4-5-9(7(12)13,8(14)15)10-6(2)11/h5H2,1-2H3,(H,10,11)(H,12,13)(H,14,15). The molecule has 0 saturated heterocycles. The molecular weight excluding hydrogens is 202 g/mol. The van der Waals surface area contributed by atoms with Crippen LogP contribution in [0.1, 0.15) is 20.3 Å². The summed E-state index contributed by atoms with van der Waals surface area (Å²) in [6.45, 7) is 2.49. The Balaban J connectivity index is 5.22. The van der Waals surface area contributed by atoms with E-state index in [1.165, 1.54) is 6.92 Å². The third kappa shape index (κ3) is 2.98. The number of carboxylic acids is 2. The van der Waals surface area contributed by atoms with Gasteiger partial charge < -0.3 is 15.5 Å². The van der Waals surface area contributed by atoms with Crippen LogP contribution in [0.25, 0.3) is 0 Å². The zero-order valence-electron chi connectivity index (χ0n) is 8.33. The van der Waals surface area contributed by atoms with Crippen LogP contribution in [0.5, 0.6) is 0 Å². The van der Waals surface area contributed by atoms with Crippen LogP contribution in [-0.2, 0) is 14.4 Å². The van der Waals surface area contributed by atoms with Crippen LogP contribution in [-0.4, -0.2) is 33.6 Å².